The van der Waals surface area contributed by atoms with Crippen LogP contribution in [0.15, 0.2) is 66.9 Å². The smallest absolute Gasteiger partial charge is 0.253 e. The average Bonchev–Trinajstić information content (AvgIpc) is 3.33. The first kappa shape index (κ1) is 20.8. The Morgan fingerprint density at radius 2 is 1.94 bits per heavy atom. The molecule has 2 aromatic carbocycles. The Morgan fingerprint density at radius 3 is 2.74 bits per heavy atom. The summed E-state index contributed by atoms with van der Waals surface area (Å²) in [6.45, 7) is 3.86. The van der Waals surface area contributed by atoms with Gasteiger partial charge in [-0.25, -0.2) is 4.68 Å². The van der Waals surface area contributed by atoms with E-state index in [2.05, 4.69) is 10.4 Å². The zero-order chi connectivity index (χ0) is 21.6. The molecule has 0 saturated carbocycles. The van der Waals surface area contributed by atoms with Gasteiger partial charge in [-0.3, -0.25) is 9.59 Å². The van der Waals surface area contributed by atoms with Gasteiger partial charge in [0.2, 0.25) is 5.91 Å². The second-order valence-electron chi connectivity index (χ2n) is 7.93. The van der Waals surface area contributed by atoms with Gasteiger partial charge in [-0.05, 0) is 43.5 Å². The molecule has 0 spiro atoms. The van der Waals surface area contributed by atoms with E-state index in [-0.39, 0.29) is 17.7 Å². The van der Waals surface area contributed by atoms with Gasteiger partial charge >= 0.3 is 0 Å². The van der Waals surface area contributed by atoms with E-state index in [1.54, 1.807) is 11.1 Å². The number of benzene rings is 2. The first-order valence-corrected chi connectivity index (χ1v) is 10.9. The number of likely N-dealkylation sites (tertiary alicyclic amines) is 1. The molecule has 1 atom stereocenters. The molecule has 1 N–H and O–H groups in total. The van der Waals surface area contributed by atoms with E-state index in [4.69, 9.17) is 0 Å². The van der Waals surface area contributed by atoms with Crippen molar-refractivity contribution in [2.75, 3.05) is 19.6 Å². The third-order valence-electron chi connectivity index (χ3n) is 5.68. The first-order valence-electron chi connectivity index (χ1n) is 10.9. The minimum atomic E-state index is -0.136. The van der Waals surface area contributed by atoms with Crippen molar-refractivity contribution in [3.05, 3.63) is 72.4 Å². The van der Waals surface area contributed by atoms with Crippen LogP contribution in [0.5, 0.6) is 0 Å². The lowest BCUT2D eigenvalue weighted by Gasteiger charge is -2.32. The number of hydrogen-bond acceptors (Lipinski definition) is 3. The minimum absolute atomic E-state index is 0.0386. The van der Waals surface area contributed by atoms with Crippen LogP contribution in [0.2, 0.25) is 0 Å². The highest BCUT2D eigenvalue weighted by molar-refractivity contribution is 5.95. The van der Waals surface area contributed by atoms with Crippen LogP contribution < -0.4 is 5.32 Å². The van der Waals surface area contributed by atoms with E-state index in [1.807, 2.05) is 72.3 Å². The SMILES string of the molecule is CCCNC(=O)C1CCCN(C(=O)c2cccc(-n3nccc3-c3ccccc3)c2)C1. The summed E-state index contributed by atoms with van der Waals surface area (Å²) >= 11 is 0. The number of aromatic nitrogens is 2. The van der Waals surface area contributed by atoms with Crippen molar-refractivity contribution in [3.63, 3.8) is 0 Å². The second kappa shape index (κ2) is 9.60. The summed E-state index contributed by atoms with van der Waals surface area (Å²) < 4.78 is 1.85. The lowest BCUT2D eigenvalue weighted by atomic mass is 9.96. The zero-order valence-electron chi connectivity index (χ0n) is 17.8. The normalized spacial score (nSPS) is 16.2. The summed E-state index contributed by atoms with van der Waals surface area (Å²) in [5.74, 6) is -0.122. The highest BCUT2D eigenvalue weighted by atomic mass is 16.2. The van der Waals surface area contributed by atoms with Gasteiger partial charge in [0.15, 0.2) is 0 Å². The molecule has 160 valence electrons. The van der Waals surface area contributed by atoms with Gasteiger partial charge in [0, 0.05) is 30.8 Å². The summed E-state index contributed by atoms with van der Waals surface area (Å²) in [4.78, 5) is 27.4. The fourth-order valence-electron chi connectivity index (χ4n) is 4.06. The molecule has 6 nitrogen and oxygen atoms in total. The Morgan fingerprint density at radius 1 is 1.10 bits per heavy atom. The molecule has 1 saturated heterocycles. The van der Waals surface area contributed by atoms with Crippen LogP contribution in [0, 0.1) is 5.92 Å². The number of nitrogens with zero attached hydrogens (tertiary/aromatic N) is 3. The number of carbonyl (C=O) groups is 2. The molecule has 1 aliphatic heterocycles. The summed E-state index contributed by atoms with van der Waals surface area (Å²) in [5, 5.41) is 7.44. The number of hydrogen-bond donors (Lipinski definition) is 1. The molecule has 4 rings (SSSR count). The summed E-state index contributed by atoms with van der Waals surface area (Å²) in [5.41, 5.74) is 3.48. The van der Waals surface area contributed by atoms with Gasteiger partial charge in [0.25, 0.3) is 5.91 Å². The molecule has 6 heteroatoms. The monoisotopic (exact) mass is 416 g/mol. The summed E-state index contributed by atoms with van der Waals surface area (Å²) in [7, 11) is 0. The fourth-order valence-corrected chi connectivity index (χ4v) is 4.06. The highest BCUT2D eigenvalue weighted by Gasteiger charge is 2.28. The molecule has 31 heavy (non-hydrogen) atoms. The molecule has 2 amide bonds. The van der Waals surface area contributed by atoms with Gasteiger partial charge in [0.1, 0.15) is 0 Å². The van der Waals surface area contributed by atoms with Crippen LogP contribution in [-0.2, 0) is 4.79 Å². The van der Waals surface area contributed by atoms with Crippen LogP contribution in [0.3, 0.4) is 0 Å². The Bertz CT molecular complexity index is 1040. The predicted octanol–water partition coefficient (Wildman–Crippen LogP) is 3.92. The third kappa shape index (κ3) is 4.68. The zero-order valence-corrected chi connectivity index (χ0v) is 17.8. The van der Waals surface area contributed by atoms with Gasteiger partial charge in [-0.15, -0.1) is 0 Å². The minimum Gasteiger partial charge on any atom is -0.356 e. The van der Waals surface area contributed by atoms with Crippen LogP contribution in [-0.4, -0.2) is 46.1 Å². The van der Waals surface area contributed by atoms with E-state index >= 15 is 0 Å². The van der Waals surface area contributed by atoms with Crippen molar-refractivity contribution >= 4 is 11.8 Å². The van der Waals surface area contributed by atoms with Crippen molar-refractivity contribution in [2.24, 2.45) is 5.92 Å². The van der Waals surface area contributed by atoms with Gasteiger partial charge < -0.3 is 10.2 Å². The molecule has 1 aromatic heterocycles. The van der Waals surface area contributed by atoms with Crippen LogP contribution in [0.1, 0.15) is 36.5 Å². The lowest BCUT2D eigenvalue weighted by Crippen LogP contribution is -2.45. The first-order chi connectivity index (χ1) is 15.2. The van der Waals surface area contributed by atoms with E-state index in [9.17, 15) is 9.59 Å². The van der Waals surface area contributed by atoms with Gasteiger partial charge in [-0.2, -0.15) is 5.10 Å². The number of piperidine rings is 1. The molecular weight excluding hydrogens is 388 g/mol. The Balaban J connectivity index is 1.53. The molecule has 3 aromatic rings. The molecule has 1 fully saturated rings. The van der Waals surface area contributed by atoms with Crippen molar-refractivity contribution in [1.82, 2.24) is 20.0 Å². The molecule has 0 radical (unpaired) electrons. The van der Waals surface area contributed by atoms with Gasteiger partial charge in [0.05, 0.1) is 23.5 Å². The van der Waals surface area contributed by atoms with Crippen molar-refractivity contribution < 1.29 is 9.59 Å². The quantitative estimate of drug-likeness (QED) is 0.662. The Labute approximate surface area is 182 Å². The number of carbonyl (C=O) groups excluding carboxylic acids is 2. The standard InChI is InChI=1S/C25H28N4O2/c1-2-14-26-24(30)21-11-7-16-28(18-21)25(31)20-10-6-12-22(17-20)29-23(13-15-27-29)19-8-4-3-5-9-19/h3-6,8-10,12-13,15,17,21H,2,7,11,14,16,18H2,1H3,(H,26,30). The van der Waals surface area contributed by atoms with E-state index in [1.165, 1.54) is 0 Å². The van der Waals surface area contributed by atoms with Crippen LogP contribution in [0.25, 0.3) is 16.9 Å². The molecule has 1 aliphatic rings. The third-order valence-corrected chi connectivity index (χ3v) is 5.68. The van der Waals surface area contributed by atoms with Crippen molar-refractivity contribution in [1.29, 1.82) is 0 Å². The Hall–Kier alpha value is -3.41. The molecular formula is C25H28N4O2. The number of amides is 2. The van der Waals surface area contributed by atoms with Crippen molar-refractivity contribution in [3.8, 4) is 16.9 Å². The summed E-state index contributed by atoms with van der Waals surface area (Å²) in [6.07, 6.45) is 4.34. The average molecular weight is 417 g/mol. The fraction of sp³-hybridized carbons (Fsp3) is 0.320. The molecule has 2 heterocycles. The maximum atomic E-state index is 13.2. The maximum Gasteiger partial charge on any atom is 0.253 e. The lowest BCUT2D eigenvalue weighted by molar-refractivity contribution is -0.126. The van der Waals surface area contributed by atoms with Crippen LogP contribution in [0.4, 0.5) is 0 Å². The molecule has 0 aliphatic carbocycles. The van der Waals surface area contributed by atoms with E-state index < -0.39 is 0 Å². The van der Waals surface area contributed by atoms with E-state index in [0.717, 1.165) is 36.2 Å². The Kier molecular flexibility index (Phi) is 6.46. The molecule has 1 unspecified atom stereocenters. The molecule has 0 bridgehead atoms. The topological polar surface area (TPSA) is 67.2 Å². The van der Waals surface area contributed by atoms with E-state index in [0.29, 0.717) is 25.2 Å². The largest absolute Gasteiger partial charge is 0.356 e. The summed E-state index contributed by atoms with van der Waals surface area (Å²) in [6, 6.07) is 19.6. The predicted molar refractivity (Wildman–Crippen MR) is 121 cm³/mol. The second-order valence-corrected chi connectivity index (χ2v) is 7.93. The number of nitrogens with one attached hydrogen (secondary N) is 1. The maximum absolute atomic E-state index is 13.2. The van der Waals surface area contributed by atoms with Crippen LogP contribution >= 0.6 is 0 Å². The van der Waals surface area contributed by atoms with Gasteiger partial charge in [-0.1, -0.05) is 43.3 Å². The van der Waals surface area contributed by atoms with Crippen molar-refractivity contribution in [2.45, 2.75) is 26.2 Å². The number of rotatable bonds is 6. The highest BCUT2D eigenvalue weighted by Crippen LogP contribution is 2.24.